The fraction of sp³-hybridized carbons (Fsp3) is 0. The van der Waals surface area contributed by atoms with E-state index in [1.165, 1.54) is 60.5 Å². The van der Waals surface area contributed by atoms with E-state index in [4.69, 9.17) is 0 Å². The van der Waals surface area contributed by atoms with E-state index in [1.54, 1.807) is 0 Å². The van der Waals surface area contributed by atoms with E-state index in [0.717, 1.165) is 17.1 Å². The Balaban J connectivity index is 1.25. The molecule has 9 rings (SSSR count). The second kappa shape index (κ2) is 11.8. The highest BCUT2D eigenvalue weighted by molar-refractivity contribution is 6.14. The molecule has 2 nitrogen and oxygen atoms in total. The van der Waals surface area contributed by atoms with E-state index in [2.05, 4.69) is 204 Å². The van der Waals surface area contributed by atoms with Gasteiger partial charge in [-0.3, -0.25) is 0 Å². The summed E-state index contributed by atoms with van der Waals surface area (Å²) in [5, 5.41) is 4.93. The summed E-state index contributed by atoms with van der Waals surface area (Å²) in [5.41, 5.74) is 11.7. The maximum Gasteiger partial charge on any atom is 0.0547 e. The van der Waals surface area contributed by atoms with Crippen molar-refractivity contribution in [3.05, 3.63) is 194 Å². The summed E-state index contributed by atoms with van der Waals surface area (Å²) in [4.78, 5) is 2.40. The Bertz CT molecular complexity index is 2530. The van der Waals surface area contributed by atoms with Crippen LogP contribution in [0.1, 0.15) is 0 Å². The molecule has 48 heavy (non-hydrogen) atoms. The van der Waals surface area contributed by atoms with Gasteiger partial charge in [0.05, 0.1) is 16.7 Å². The van der Waals surface area contributed by atoms with E-state index in [-0.39, 0.29) is 0 Å². The SMILES string of the molecule is c1ccc(-c2ccc(N(c3ccc4cc5c(cc4c3)c3ccccc3n5-c3ccccc3)c3ccccc3-c3ccccc3)cc2)cc1. The lowest BCUT2D eigenvalue weighted by atomic mass is 10.00. The van der Waals surface area contributed by atoms with Crippen molar-refractivity contribution in [2.24, 2.45) is 0 Å². The molecule has 0 fully saturated rings. The number of hydrogen-bond acceptors (Lipinski definition) is 1. The minimum atomic E-state index is 1.11. The van der Waals surface area contributed by atoms with E-state index in [1.807, 2.05) is 0 Å². The molecule has 2 heteroatoms. The number of fused-ring (bicyclic) bond motifs is 4. The molecule has 0 saturated carbocycles. The van der Waals surface area contributed by atoms with Crippen molar-refractivity contribution in [2.45, 2.75) is 0 Å². The quantitative estimate of drug-likeness (QED) is 0.181. The molecule has 0 N–H and O–H groups in total. The fourth-order valence-corrected chi connectivity index (χ4v) is 7.09. The van der Waals surface area contributed by atoms with Crippen LogP contribution in [0.25, 0.3) is 60.5 Å². The van der Waals surface area contributed by atoms with Gasteiger partial charge >= 0.3 is 0 Å². The Hall–Kier alpha value is -6.38. The lowest BCUT2D eigenvalue weighted by Gasteiger charge is -2.28. The second-order valence-electron chi connectivity index (χ2n) is 12.2. The third-order valence-electron chi connectivity index (χ3n) is 9.35. The van der Waals surface area contributed by atoms with Crippen molar-refractivity contribution >= 4 is 49.6 Å². The monoisotopic (exact) mass is 612 g/mol. The van der Waals surface area contributed by atoms with Gasteiger partial charge in [0, 0.05) is 33.4 Å². The number of aromatic nitrogens is 1. The third-order valence-corrected chi connectivity index (χ3v) is 9.35. The van der Waals surface area contributed by atoms with Gasteiger partial charge < -0.3 is 9.47 Å². The lowest BCUT2D eigenvalue weighted by Crippen LogP contribution is -2.11. The van der Waals surface area contributed by atoms with Gasteiger partial charge in [0.25, 0.3) is 0 Å². The van der Waals surface area contributed by atoms with E-state index in [0.29, 0.717) is 0 Å². The average molecular weight is 613 g/mol. The average Bonchev–Trinajstić information content (AvgIpc) is 3.48. The topological polar surface area (TPSA) is 8.17 Å². The minimum absolute atomic E-state index is 1.11. The van der Waals surface area contributed by atoms with Crippen molar-refractivity contribution in [2.75, 3.05) is 4.90 Å². The third kappa shape index (κ3) is 4.83. The van der Waals surface area contributed by atoms with Gasteiger partial charge in [0.2, 0.25) is 0 Å². The summed E-state index contributed by atoms with van der Waals surface area (Å²) in [5.74, 6) is 0. The van der Waals surface area contributed by atoms with Crippen LogP contribution in [0, 0.1) is 0 Å². The smallest absolute Gasteiger partial charge is 0.0547 e. The van der Waals surface area contributed by atoms with E-state index >= 15 is 0 Å². The van der Waals surface area contributed by atoms with Crippen molar-refractivity contribution in [3.8, 4) is 27.9 Å². The summed E-state index contributed by atoms with van der Waals surface area (Å²) in [7, 11) is 0. The van der Waals surface area contributed by atoms with Gasteiger partial charge in [-0.2, -0.15) is 0 Å². The van der Waals surface area contributed by atoms with Gasteiger partial charge in [-0.25, -0.2) is 0 Å². The molecule has 226 valence electrons. The van der Waals surface area contributed by atoms with Crippen LogP contribution in [-0.2, 0) is 0 Å². The summed E-state index contributed by atoms with van der Waals surface area (Å²) in [6.07, 6.45) is 0. The number of hydrogen-bond donors (Lipinski definition) is 0. The van der Waals surface area contributed by atoms with Gasteiger partial charge in [-0.1, -0.05) is 133 Å². The van der Waals surface area contributed by atoms with Gasteiger partial charge in [-0.15, -0.1) is 0 Å². The number of para-hydroxylation sites is 3. The first kappa shape index (κ1) is 27.9. The molecule has 1 aromatic heterocycles. The molecule has 0 atom stereocenters. The first-order valence-corrected chi connectivity index (χ1v) is 16.4. The molecule has 0 spiro atoms. The highest BCUT2D eigenvalue weighted by Crippen LogP contribution is 2.43. The van der Waals surface area contributed by atoms with Gasteiger partial charge in [0.1, 0.15) is 0 Å². The standard InChI is InChI=1S/C46H32N2/c1-4-14-33(15-5-1)34-24-27-39(28-25-34)47(44-22-12-10-20-41(44)35-16-6-2-7-17-35)40-29-26-36-32-46-43(31-37(36)30-40)42-21-11-13-23-45(42)48(46)38-18-8-3-9-19-38/h1-32H. The van der Waals surface area contributed by atoms with Crippen molar-refractivity contribution in [1.82, 2.24) is 4.57 Å². The van der Waals surface area contributed by atoms with Crippen molar-refractivity contribution < 1.29 is 0 Å². The molecule has 0 bridgehead atoms. The Morgan fingerprint density at radius 3 is 1.73 bits per heavy atom. The first-order valence-electron chi connectivity index (χ1n) is 16.4. The minimum Gasteiger partial charge on any atom is -0.310 e. The molecule has 0 unspecified atom stereocenters. The largest absolute Gasteiger partial charge is 0.310 e. The molecular weight excluding hydrogens is 581 g/mol. The Morgan fingerprint density at radius 1 is 0.354 bits per heavy atom. The Morgan fingerprint density at radius 2 is 0.958 bits per heavy atom. The molecule has 0 saturated heterocycles. The Kier molecular flexibility index (Phi) is 6.84. The van der Waals surface area contributed by atoms with Crippen LogP contribution in [0.3, 0.4) is 0 Å². The molecular formula is C46H32N2. The van der Waals surface area contributed by atoms with Gasteiger partial charge in [-0.05, 0) is 88.1 Å². The van der Waals surface area contributed by atoms with Crippen molar-refractivity contribution in [3.63, 3.8) is 0 Å². The molecule has 0 radical (unpaired) electrons. The number of rotatable bonds is 6. The zero-order chi connectivity index (χ0) is 31.9. The summed E-state index contributed by atoms with van der Waals surface area (Å²) < 4.78 is 2.38. The van der Waals surface area contributed by atoms with Crippen LogP contribution in [0.2, 0.25) is 0 Å². The maximum absolute atomic E-state index is 2.40. The summed E-state index contributed by atoms with van der Waals surface area (Å²) in [6.45, 7) is 0. The predicted molar refractivity (Wildman–Crippen MR) is 204 cm³/mol. The van der Waals surface area contributed by atoms with Gasteiger partial charge in [0.15, 0.2) is 0 Å². The molecule has 1 heterocycles. The van der Waals surface area contributed by atoms with Crippen LogP contribution in [0.15, 0.2) is 194 Å². The Labute approximate surface area is 280 Å². The van der Waals surface area contributed by atoms with Crippen molar-refractivity contribution in [1.29, 1.82) is 0 Å². The van der Waals surface area contributed by atoms with E-state index in [9.17, 15) is 0 Å². The molecule has 0 aliphatic rings. The maximum atomic E-state index is 2.40. The molecule has 0 aliphatic heterocycles. The molecule has 0 amide bonds. The van der Waals surface area contributed by atoms with Crippen LogP contribution in [-0.4, -0.2) is 4.57 Å². The molecule has 0 aliphatic carbocycles. The van der Waals surface area contributed by atoms with Crippen LogP contribution in [0.5, 0.6) is 0 Å². The highest BCUT2D eigenvalue weighted by Gasteiger charge is 2.19. The number of nitrogens with zero attached hydrogens (tertiary/aromatic N) is 2. The molecule has 8 aromatic carbocycles. The predicted octanol–water partition coefficient (Wildman–Crippen LogP) is 12.7. The number of anilines is 3. The number of benzene rings is 8. The van der Waals surface area contributed by atoms with Crippen LogP contribution < -0.4 is 4.90 Å². The zero-order valence-electron chi connectivity index (χ0n) is 26.4. The van der Waals surface area contributed by atoms with Crippen LogP contribution in [0.4, 0.5) is 17.1 Å². The normalized spacial score (nSPS) is 11.3. The van der Waals surface area contributed by atoms with E-state index < -0.39 is 0 Å². The second-order valence-corrected chi connectivity index (χ2v) is 12.2. The summed E-state index contributed by atoms with van der Waals surface area (Å²) >= 11 is 0. The van der Waals surface area contributed by atoms with Crippen LogP contribution >= 0.6 is 0 Å². The molecule has 9 aromatic rings. The highest BCUT2D eigenvalue weighted by atomic mass is 15.1. The summed E-state index contributed by atoms with van der Waals surface area (Å²) in [6, 6.07) is 69.9. The zero-order valence-corrected chi connectivity index (χ0v) is 26.4. The fourth-order valence-electron chi connectivity index (χ4n) is 7.09. The lowest BCUT2D eigenvalue weighted by molar-refractivity contribution is 1.18. The first-order chi connectivity index (χ1) is 23.8.